The third-order valence-corrected chi connectivity index (χ3v) is 3.95. The molecule has 118 valence electrons. The normalized spacial score (nSPS) is 15.6. The van der Waals surface area contributed by atoms with E-state index >= 15 is 0 Å². The average molecular weight is 310 g/mol. The lowest BCUT2D eigenvalue weighted by Gasteiger charge is -2.31. The summed E-state index contributed by atoms with van der Waals surface area (Å²) in [5, 5.41) is 22.4. The number of fused-ring (bicyclic) bond motifs is 1. The highest BCUT2D eigenvalue weighted by molar-refractivity contribution is 5.43. The molecule has 1 aromatic heterocycles. The van der Waals surface area contributed by atoms with Crippen LogP contribution in [-0.4, -0.2) is 22.5 Å². The Labute approximate surface area is 134 Å². The molecule has 2 heterocycles. The largest absolute Gasteiger partial charge is 0.497 e. The van der Waals surface area contributed by atoms with Gasteiger partial charge in [-0.05, 0) is 38.1 Å². The second kappa shape index (κ2) is 5.52. The summed E-state index contributed by atoms with van der Waals surface area (Å²) < 4.78 is 12.4. The lowest BCUT2D eigenvalue weighted by atomic mass is 9.92. The van der Waals surface area contributed by atoms with Gasteiger partial charge in [0.05, 0.1) is 30.7 Å². The van der Waals surface area contributed by atoms with Gasteiger partial charge in [0.1, 0.15) is 17.4 Å². The van der Waals surface area contributed by atoms with Gasteiger partial charge >= 0.3 is 0 Å². The maximum atomic E-state index is 9.53. The lowest BCUT2D eigenvalue weighted by molar-refractivity contribution is -0.0428. The highest BCUT2D eigenvalue weighted by Gasteiger charge is 2.30. The zero-order chi connectivity index (χ0) is 16.6. The maximum absolute atomic E-state index is 9.53. The molecule has 0 bridgehead atoms. The molecule has 0 fully saturated rings. The molecule has 2 aromatic rings. The SMILES string of the molecule is COc1ccc(-n2nc3c(c(C#N)c2=N)CC(C)(C)OC3)cc1. The van der Waals surface area contributed by atoms with E-state index in [1.165, 1.54) is 4.68 Å². The summed E-state index contributed by atoms with van der Waals surface area (Å²) in [6.45, 7) is 4.30. The van der Waals surface area contributed by atoms with E-state index in [2.05, 4.69) is 11.2 Å². The Morgan fingerprint density at radius 3 is 2.65 bits per heavy atom. The molecule has 0 aliphatic carbocycles. The number of ether oxygens (including phenoxy) is 2. The van der Waals surface area contributed by atoms with Crippen molar-refractivity contribution in [2.24, 2.45) is 0 Å². The summed E-state index contributed by atoms with van der Waals surface area (Å²) in [5.41, 5.74) is 2.35. The van der Waals surface area contributed by atoms with Gasteiger partial charge < -0.3 is 9.47 Å². The van der Waals surface area contributed by atoms with Gasteiger partial charge in [-0.1, -0.05) is 0 Å². The quantitative estimate of drug-likeness (QED) is 0.920. The van der Waals surface area contributed by atoms with Gasteiger partial charge in [0.2, 0.25) is 0 Å². The topological polar surface area (TPSA) is 83.9 Å². The number of benzene rings is 1. The number of hydrogen-bond donors (Lipinski definition) is 1. The molecule has 0 spiro atoms. The van der Waals surface area contributed by atoms with Crippen LogP contribution in [0.25, 0.3) is 5.69 Å². The van der Waals surface area contributed by atoms with Crippen LogP contribution in [0.5, 0.6) is 5.75 Å². The van der Waals surface area contributed by atoms with Crippen LogP contribution >= 0.6 is 0 Å². The van der Waals surface area contributed by atoms with Gasteiger partial charge in [-0.3, -0.25) is 5.41 Å². The van der Waals surface area contributed by atoms with Gasteiger partial charge in [-0.25, -0.2) is 4.68 Å². The minimum absolute atomic E-state index is 0.0918. The van der Waals surface area contributed by atoms with Gasteiger partial charge in [-0.2, -0.15) is 10.4 Å². The lowest BCUT2D eigenvalue weighted by Crippen LogP contribution is -2.37. The number of aromatic nitrogens is 2. The first-order valence-electron chi connectivity index (χ1n) is 7.33. The Kier molecular flexibility index (Phi) is 3.66. The van der Waals surface area contributed by atoms with Crippen molar-refractivity contribution in [1.82, 2.24) is 9.78 Å². The number of nitrogens with one attached hydrogen (secondary N) is 1. The number of methoxy groups -OCH3 is 1. The second-order valence-electron chi connectivity index (χ2n) is 6.10. The van der Waals surface area contributed by atoms with E-state index in [1.807, 2.05) is 26.0 Å². The molecular weight excluding hydrogens is 292 g/mol. The van der Waals surface area contributed by atoms with Crippen LogP contribution in [0.1, 0.15) is 30.7 Å². The molecule has 6 heteroatoms. The molecule has 1 aromatic carbocycles. The van der Waals surface area contributed by atoms with Gasteiger partial charge in [0.25, 0.3) is 0 Å². The molecule has 0 saturated carbocycles. The highest BCUT2D eigenvalue weighted by Crippen LogP contribution is 2.27. The summed E-state index contributed by atoms with van der Waals surface area (Å²) in [4.78, 5) is 0. The standard InChI is InChI=1S/C17H18N4O2/c1-17(2)8-13-14(9-18)16(19)21(20-15(13)10-23-17)11-4-6-12(22-3)7-5-11/h4-7,19H,8,10H2,1-3H3. The van der Waals surface area contributed by atoms with Gasteiger partial charge in [0, 0.05) is 12.0 Å². The molecule has 3 rings (SSSR count). The molecule has 1 aliphatic rings. The summed E-state index contributed by atoms with van der Waals surface area (Å²) in [6.07, 6.45) is 0.577. The van der Waals surface area contributed by atoms with Crippen LogP contribution in [-0.2, 0) is 17.8 Å². The monoisotopic (exact) mass is 310 g/mol. The van der Waals surface area contributed by atoms with Crippen molar-refractivity contribution in [3.05, 3.63) is 46.6 Å². The predicted molar refractivity (Wildman–Crippen MR) is 83.3 cm³/mol. The average Bonchev–Trinajstić information content (AvgIpc) is 2.54. The van der Waals surface area contributed by atoms with Crippen LogP contribution in [0.3, 0.4) is 0 Å². The van der Waals surface area contributed by atoms with Crippen molar-refractivity contribution in [2.75, 3.05) is 7.11 Å². The Balaban J connectivity index is 2.17. The highest BCUT2D eigenvalue weighted by atomic mass is 16.5. The third kappa shape index (κ3) is 2.71. The first-order valence-corrected chi connectivity index (χ1v) is 7.33. The van der Waals surface area contributed by atoms with E-state index in [1.54, 1.807) is 19.2 Å². The molecule has 0 unspecified atom stereocenters. The minimum Gasteiger partial charge on any atom is -0.497 e. The summed E-state index contributed by atoms with van der Waals surface area (Å²) in [7, 11) is 1.60. The molecule has 1 aliphatic heterocycles. The maximum Gasteiger partial charge on any atom is 0.164 e. The fourth-order valence-electron chi connectivity index (χ4n) is 2.70. The fraction of sp³-hybridized carbons (Fsp3) is 0.353. The number of nitrogens with zero attached hydrogens (tertiary/aromatic N) is 3. The van der Waals surface area contributed by atoms with Crippen molar-refractivity contribution in [3.8, 4) is 17.5 Å². The van der Waals surface area contributed by atoms with E-state index in [-0.39, 0.29) is 11.1 Å². The first kappa shape index (κ1) is 15.3. The van der Waals surface area contributed by atoms with E-state index in [0.717, 1.165) is 11.3 Å². The number of nitriles is 1. The fourth-order valence-corrected chi connectivity index (χ4v) is 2.70. The molecule has 6 nitrogen and oxygen atoms in total. The summed E-state index contributed by atoms with van der Waals surface area (Å²) >= 11 is 0. The van der Waals surface area contributed by atoms with Crippen LogP contribution in [0, 0.1) is 16.7 Å². The van der Waals surface area contributed by atoms with E-state index in [0.29, 0.717) is 30.0 Å². The van der Waals surface area contributed by atoms with Crippen LogP contribution in [0.15, 0.2) is 24.3 Å². The zero-order valence-electron chi connectivity index (χ0n) is 13.4. The minimum atomic E-state index is -0.348. The van der Waals surface area contributed by atoms with Crippen LogP contribution in [0.2, 0.25) is 0 Å². The molecule has 1 N–H and O–H groups in total. The molecular formula is C17H18N4O2. The third-order valence-electron chi connectivity index (χ3n) is 3.95. The Morgan fingerprint density at radius 1 is 1.35 bits per heavy atom. The van der Waals surface area contributed by atoms with Crippen molar-refractivity contribution in [1.29, 1.82) is 10.7 Å². The van der Waals surface area contributed by atoms with Crippen LogP contribution in [0.4, 0.5) is 0 Å². The predicted octanol–water partition coefficient (Wildman–Crippen LogP) is 2.08. The van der Waals surface area contributed by atoms with Crippen LogP contribution < -0.4 is 10.2 Å². The van der Waals surface area contributed by atoms with E-state index < -0.39 is 0 Å². The first-order chi connectivity index (χ1) is 10.9. The van der Waals surface area contributed by atoms with Crippen molar-refractivity contribution in [3.63, 3.8) is 0 Å². The number of hydrogen-bond acceptors (Lipinski definition) is 5. The molecule has 0 atom stereocenters. The molecule has 0 amide bonds. The Hall–Kier alpha value is -2.65. The van der Waals surface area contributed by atoms with E-state index in [4.69, 9.17) is 14.9 Å². The number of rotatable bonds is 2. The smallest absolute Gasteiger partial charge is 0.164 e. The van der Waals surface area contributed by atoms with Crippen molar-refractivity contribution < 1.29 is 9.47 Å². The zero-order valence-corrected chi connectivity index (χ0v) is 13.4. The second-order valence-corrected chi connectivity index (χ2v) is 6.10. The van der Waals surface area contributed by atoms with Gasteiger partial charge in [-0.15, -0.1) is 0 Å². The molecule has 0 saturated heterocycles. The van der Waals surface area contributed by atoms with E-state index in [9.17, 15) is 5.26 Å². The Morgan fingerprint density at radius 2 is 2.04 bits per heavy atom. The summed E-state index contributed by atoms with van der Waals surface area (Å²) in [6, 6.07) is 9.39. The van der Waals surface area contributed by atoms with Crippen molar-refractivity contribution >= 4 is 0 Å². The molecule has 23 heavy (non-hydrogen) atoms. The Bertz CT molecular complexity index is 845. The molecule has 0 radical (unpaired) electrons. The summed E-state index contributed by atoms with van der Waals surface area (Å²) in [5.74, 6) is 0.726. The van der Waals surface area contributed by atoms with Crippen molar-refractivity contribution in [2.45, 2.75) is 32.5 Å². The van der Waals surface area contributed by atoms with Gasteiger partial charge in [0.15, 0.2) is 5.49 Å².